The van der Waals surface area contributed by atoms with Gasteiger partial charge in [-0.05, 0) is 0 Å². The quantitative estimate of drug-likeness (QED) is 0.318. The highest BCUT2D eigenvalue weighted by molar-refractivity contribution is 3.47. The Balaban J connectivity index is 1.97. The van der Waals surface area contributed by atoms with Crippen LogP contribution in [0.4, 0.5) is 0 Å². The third kappa shape index (κ3) is 1.92. The van der Waals surface area contributed by atoms with Gasteiger partial charge in [0.2, 0.25) is 0 Å². The average Bonchev–Trinajstić information content (AvgIpc) is 1.37. The first-order valence-electron chi connectivity index (χ1n) is 0.983. The van der Waals surface area contributed by atoms with Gasteiger partial charge in [0.1, 0.15) is 0 Å². The molecule has 2 heteroatoms. The molecule has 0 aliphatic carbocycles. The zero-order valence-corrected chi connectivity index (χ0v) is 2.82. The molecule has 2 nitrogen and oxygen atoms in total. The molecule has 0 spiro atoms. The van der Waals surface area contributed by atoms with Gasteiger partial charge in [-0.3, -0.25) is 0 Å². The first-order valence-corrected chi connectivity index (χ1v) is 0.983. The molecule has 0 unspecified atom stereocenters. The first-order chi connectivity index (χ1) is 1.91. The SMILES string of the molecule is COO[11CH3]. The van der Waals surface area contributed by atoms with Crippen molar-refractivity contribution >= 4 is 0 Å². The molecule has 0 radical (unpaired) electrons. The summed E-state index contributed by atoms with van der Waals surface area (Å²) in [6.45, 7) is 0. The van der Waals surface area contributed by atoms with Crippen molar-refractivity contribution in [2.24, 2.45) is 0 Å². The molecular formula is C2H6O2. The average molecular weight is 61.1 g/mol. The van der Waals surface area contributed by atoms with E-state index in [-0.39, 0.29) is 0 Å². The van der Waals surface area contributed by atoms with Crippen LogP contribution in [-0.4, -0.2) is 14.2 Å². The molecule has 0 saturated heterocycles. The molecule has 0 aromatic heterocycles. The topological polar surface area (TPSA) is 18.5 Å². The van der Waals surface area contributed by atoms with Gasteiger partial charge in [-0.2, -0.15) is 0 Å². The zero-order chi connectivity index (χ0) is 3.41. The maximum absolute atomic E-state index is 4.04. The highest BCUT2D eigenvalue weighted by Crippen LogP contribution is 1.52. The van der Waals surface area contributed by atoms with Crippen molar-refractivity contribution in [2.75, 3.05) is 14.2 Å². The molecule has 0 amide bonds. The van der Waals surface area contributed by atoms with E-state index in [1.807, 2.05) is 0 Å². The molecule has 0 N–H and O–H groups in total. The third-order valence-electron chi connectivity index (χ3n) is 0.167. The Morgan fingerprint density at radius 1 is 1.00 bits per heavy atom. The molecule has 0 aromatic carbocycles. The molecule has 0 heterocycles. The standard InChI is InChI=1S/C2H6O2/c1-3-4-2/h1-2H3/i1-1. The van der Waals surface area contributed by atoms with Crippen LogP contribution in [0, 0.1) is 0 Å². The minimum Gasteiger partial charge on any atom is -0.240 e. The summed E-state index contributed by atoms with van der Waals surface area (Å²) < 4.78 is 0. The summed E-state index contributed by atoms with van der Waals surface area (Å²) in [6.07, 6.45) is 0. The summed E-state index contributed by atoms with van der Waals surface area (Å²) in [6, 6.07) is 0. The Labute approximate surface area is 25.3 Å². The van der Waals surface area contributed by atoms with Gasteiger partial charge in [0.15, 0.2) is 0 Å². The van der Waals surface area contributed by atoms with Crippen molar-refractivity contribution in [1.29, 1.82) is 0 Å². The van der Waals surface area contributed by atoms with Crippen molar-refractivity contribution in [3.63, 3.8) is 0 Å². The van der Waals surface area contributed by atoms with Crippen LogP contribution < -0.4 is 0 Å². The van der Waals surface area contributed by atoms with Crippen LogP contribution in [0.3, 0.4) is 0 Å². The molecule has 0 saturated carbocycles. The second-order valence-electron chi connectivity index (χ2n) is 0.333. The molecule has 0 aliphatic rings. The maximum Gasteiger partial charge on any atom is 0.0712 e. The Morgan fingerprint density at radius 2 is 1.25 bits per heavy atom. The van der Waals surface area contributed by atoms with Crippen LogP contribution in [-0.2, 0) is 9.78 Å². The highest BCUT2D eigenvalue weighted by Gasteiger charge is 1.47. The molecule has 4 heavy (non-hydrogen) atoms. The van der Waals surface area contributed by atoms with Crippen LogP contribution >= 0.6 is 0 Å². The monoisotopic (exact) mass is 61.0 g/mol. The molecule has 0 aromatic rings. The van der Waals surface area contributed by atoms with Crippen molar-refractivity contribution in [3.05, 3.63) is 0 Å². The molecule has 0 atom stereocenters. The number of hydrogen-bond acceptors (Lipinski definition) is 2. The summed E-state index contributed by atoms with van der Waals surface area (Å²) in [5.74, 6) is 0. The molecule has 0 rings (SSSR count). The van der Waals surface area contributed by atoms with Gasteiger partial charge in [-0.1, -0.05) is 0 Å². The van der Waals surface area contributed by atoms with Gasteiger partial charge in [-0.25, -0.2) is 9.78 Å². The van der Waals surface area contributed by atoms with E-state index in [2.05, 4.69) is 9.78 Å². The largest absolute Gasteiger partial charge is 0.240 e. The highest BCUT2D eigenvalue weighted by atomic mass is 17.2. The van der Waals surface area contributed by atoms with Crippen LogP contribution in [0.15, 0.2) is 0 Å². The summed E-state index contributed by atoms with van der Waals surface area (Å²) in [5.41, 5.74) is 0. The van der Waals surface area contributed by atoms with E-state index in [0.29, 0.717) is 0 Å². The fourth-order valence-electron chi connectivity index (χ4n) is 0. The number of rotatable bonds is 1. The molecule has 26 valence electrons. The van der Waals surface area contributed by atoms with E-state index < -0.39 is 0 Å². The van der Waals surface area contributed by atoms with Crippen LogP contribution in [0.25, 0.3) is 0 Å². The van der Waals surface area contributed by atoms with E-state index in [9.17, 15) is 0 Å². The minimum absolute atomic E-state index is 1.46. The first kappa shape index (κ1) is 3.92. The van der Waals surface area contributed by atoms with Crippen LogP contribution in [0.5, 0.6) is 0 Å². The van der Waals surface area contributed by atoms with Gasteiger partial charge in [0.05, 0.1) is 14.2 Å². The smallest absolute Gasteiger partial charge is 0.0712 e. The van der Waals surface area contributed by atoms with Crippen LogP contribution in [0.1, 0.15) is 0 Å². The van der Waals surface area contributed by atoms with Gasteiger partial charge in [0.25, 0.3) is 0 Å². The van der Waals surface area contributed by atoms with Gasteiger partial charge in [0, 0.05) is 0 Å². The Morgan fingerprint density at radius 3 is 1.25 bits per heavy atom. The van der Waals surface area contributed by atoms with E-state index in [1.165, 1.54) is 14.2 Å². The lowest BCUT2D eigenvalue weighted by Crippen LogP contribution is -1.72. The van der Waals surface area contributed by atoms with E-state index in [1.54, 1.807) is 0 Å². The third-order valence-corrected chi connectivity index (χ3v) is 0.167. The lowest BCUT2D eigenvalue weighted by Gasteiger charge is -1.78. The van der Waals surface area contributed by atoms with E-state index in [4.69, 9.17) is 0 Å². The van der Waals surface area contributed by atoms with E-state index in [0.717, 1.165) is 0 Å². The molecule has 0 bridgehead atoms. The summed E-state index contributed by atoms with van der Waals surface area (Å²) in [7, 11) is 2.92. The Bertz CT molecular complexity index is 6.00. The van der Waals surface area contributed by atoms with Crippen molar-refractivity contribution in [1.82, 2.24) is 0 Å². The second-order valence-corrected chi connectivity index (χ2v) is 0.333. The van der Waals surface area contributed by atoms with E-state index >= 15 is 0 Å². The number of hydrogen-bond donors (Lipinski definition) is 0. The van der Waals surface area contributed by atoms with Crippen molar-refractivity contribution in [3.8, 4) is 0 Å². The summed E-state index contributed by atoms with van der Waals surface area (Å²) in [5, 5.41) is 0. The van der Waals surface area contributed by atoms with Gasteiger partial charge >= 0.3 is 0 Å². The molecule has 0 aliphatic heterocycles. The Kier molecular flexibility index (Phi) is 2.86. The van der Waals surface area contributed by atoms with Crippen molar-refractivity contribution in [2.45, 2.75) is 0 Å². The second kappa shape index (κ2) is 2.92. The van der Waals surface area contributed by atoms with Gasteiger partial charge in [-0.15, -0.1) is 0 Å². The predicted octanol–water partition coefficient (Wildman–Crippen LogP) is 0.194. The molecule has 0 fully saturated rings. The van der Waals surface area contributed by atoms with Crippen molar-refractivity contribution < 1.29 is 9.78 Å². The normalized spacial score (nSPS) is 7.50. The van der Waals surface area contributed by atoms with Crippen LogP contribution in [0.2, 0.25) is 0 Å². The zero-order valence-electron chi connectivity index (χ0n) is 2.82. The summed E-state index contributed by atoms with van der Waals surface area (Å²) in [4.78, 5) is 8.08. The summed E-state index contributed by atoms with van der Waals surface area (Å²) >= 11 is 0. The Hall–Kier alpha value is -0.0800. The maximum atomic E-state index is 4.04. The lowest BCUT2D eigenvalue weighted by atomic mass is 10.8. The molecular weight excluding hydrogens is 55.0 g/mol. The lowest BCUT2D eigenvalue weighted by molar-refractivity contribution is -0.248. The van der Waals surface area contributed by atoms with Gasteiger partial charge < -0.3 is 0 Å². The predicted molar refractivity (Wildman–Crippen MR) is 14.0 cm³/mol. The fourth-order valence-corrected chi connectivity index (χ4v) is 0. The fraction of sp³-hybridized carbons (Fsp3) is 1.00. The minimum atomic E-state index is 1.46.